The molecule has 0 fully saturated rings. The summed E-state index contributed by atoms with van der Waals surface area (Å²) in [4.78, 5) is 14.0. The Balaban J connectivity index is 2.31. The van der Waals surface area contributed by atoms with Crippen molar-refractivity contribution < 1.29 is 17.7 Å². The van der Waals surface area contributed by atoms with Gasteiger partial charge in [0.15, 0.2) is 0 Å². The zero-order valence-electron chi connectivity index (χ0n) is 11.8. The van der Waals surface area contributed by atoms with Crippen LogP contribution in [0.2, 0.25) is 0 Å². The lowest BCUT2D eigenvalue weighted by atomic mass is 10.1. The Labute approximate surface area is 126 Å². The van der Waals surface area contributed by atoms with Crippen LogP contribution in [0.15, 0.2) is 30.7 Å². The van der Waals surface area contributed by atoms with Crippen LogP contribution in [0, 0.1) is 15.9 Å². The minimum atomic E-state index is -3.69. The molecule has 0 N–H and O–H groups in total. The summed E-state index contributed by atoms with van der Waals surface area (Å²) in [5.74, 6) is -0.615. The van der Waals surface area contributed by atoms with Crippen LogP contribution < -0.4 is 0 Å². The zero-order chi connectivity index (χ0) is 16.5. The van der Waals surface area contributed by atoms with E-state index in [0.717, 1.165) is 32.8 Å². The van der Waals surface area contributed by atoms with E-state index in [2.05, 4.69) is 4.98 Å². The Kier molecular flexibility index (Phi) is 4.24. The molecular formula is C12H13FN4O4S. The van der Waals surface area contributed by atoms with Crippen molar-refractivity contribution in [3.05, 3.63) is 57.9 Å². The molecule has 0 aliphatic carbocycles. The SMILES string of the molecule is CN(C)S(=O)(=O)n1cnc(Cc2cc([N+](=O)[O-])ccc2F)c1. The van der Waals surface area contributed by atoms with Crippen LogP contribution in [-0.2, 0) is 16.6 Å². The number of nitrogens with zero attached hydrogens (tertiary/aromatic N) is 4. The molecular weight excluding hydrogens is 315 g/mol. The van der Waals surface area contributed by atoms with Crippen LogP contribution in [0.25, 0.3) is 0 Å². The van der Waals surface area contributed by atoms with Crippen molar-refractivity contribution in [2.75, 3.05) is 14.1 Å². The van der Waals surface area contributed by atoms with E-state index in [1.54, 1.807) is 0 Å². The van der Waals surface area contributed by atoms with Gasteiger partial charge in [-0.3, -0.25) is 10.1 Å². The van der Waals surface area contributed by atoms with Crippen molar-refractivity contribution >= 4 is 15.9 Å². The van der Waals surface area contributed by atoms with Crippen molar-refractivity contribution in [1.82, 2.24) is 13.3 Å². The third-order valence-electron chi connectivity index (χ3n) is 2.95. The molecule has 10 heteroatoms. The average Bonchev–Trinajstić information content (AvgIpc) is 2.90. The predicted molar refractivity (Wildman–Crippen MR) is 76.1 cm³/mol. The molecule has 0 saturated heterocycles. The number of imidazole rings is 1. The second-order valence-corrected chi connectivity index (χ2v) is 6.74. The molecule has 2 rings (SSSR count). The molecule has 0 bridgehead atoms. The first-order chi connectivity index (χ1) is 10.2. The normalized spacial score (nSPS) is 11.8. The van der Waals surface area contributed by atoms with Crippen LogP contribution in [0.5, 0.6) is 0 Å². The fourth-order valence-electron chi connectivity index (χ4n) is 1.76. The second kappa shape index (κ2) is 5.81. The largest absolute Gasteiger partial charge is 0.308 e. The number of hydrogen-bond donors (Lipinski definition) is 0. The molecule has 0 saturated carbocycles. The van der Waals surface area contributed by atoms with E-state index in [1.165, 1.54) is 20.3 Å². The number of nitro benzene ring substituents is 1. The van der Waals surface area contributed by atoms with Crippen molar-refractivity contribution in [1.29, 1.82) is 0 Å². The monoisotopic (exact) mass is 328 g/mol. The predicted octanol–water partition coefficient (Wildman–Crippen LogP) is 1.18. The van der Waals surface area contributed by atoms with E-state index >= 15 is 0 Å². The van der Waals surface area contributed by atoms with E-state index in [4.69, 9.17) is 0 Å². The lowest BCUT2D eigenvalue weighted by Crippen LogP contribution is -2.27. The van der Waals surface area contributed by atoms with Crippen molar-refractivity contribution in [2.45, 2.75) is 6.42 Å². The van der Waals surface area contributed by atoms with Gasteiger partial charge >= 0.3 is 10.2 Å². The highest BCUT2D eigenvalue weighted by atomic mass is 32.2. The molecule has 2 aromatic rings. The van der Waals surface area contributed by atoms with Gasteiger partial charge in [-0.2, -0.15) is 12.7 Å². The minimum Gasteiger partial charge on any atom is -0.258 e. The summed E-state index contributed by atoms with van der Waals surface area (Å²) < 4.78 is 39.4. The van der Waals surface area contributed by atoms with Crippen molar-refractivity contribution in [3.8, 4) is 0 Å². The average molecular weight is 328 g/mol. The zero-order valence-corrected chi connectivity index (χ0v) is 12.6. The maximum atomic E-state index is 13.7. The summed E-state index contributed by atoms with van der Waals surface area (Å²) in [6.07, 6.45) is 2.29. The Morgan fingerprint density at radius 3 is 2.68 bits per heavy atom. The van der Waals surface area contributed by atoms with Gasteiger partial charge in [-0.25, -0.2) is 13.3 Å². The minimum absolute atomic E-state index is 0.0521. The molecule has 22 heavy (non-hydrogen) atoms. The summed E-state index contributed by atoms with van der Waals surface area (Å²) in [6.45, 7) is 0. The van der Waals surface area contributed by atoms with Crippen LogP contribution in [0.4, 0.5) is 10.1 Å². The van der Waals surface area contributed by atoms with Gasteiger partial charge in [0, 0.05) is 44.4 Å². The highest BCUT2D eigenvalue weighted by Crippen LogP contribution is 2.19. The van der Waals surface area contributed by atoms with Crippen LogP contribution >= 0.6 is 0 Å². The topological polar surface area (TPSA) is 98.3 Å². The number of rotatable bonds is 5. The Morgan fingerprint density at radius 2 is 2.09 bits per heavy atom. The van der Waals surface area contributed by atoms with Crippen LogP contribution in [-0.4, -0.2) is 40.7 Å². The molecule has 1 heterocycles. The lowest BCUT2D eigenvalue weighted by molar-refractivity contribution is -0.385. The summed E-state index contributed by atoms with van der Waals surface area (Å²) in [6, 6.07) is 3.17. The Hall–Kier alpha value is -2.33. The van der Waals surface area contributed by atoms with Gasteiger partial charge in [-0.15, -0.1) is 0 Å². The smallest absolute Gasteiger partial charge is 0.258 e. The van der Waals surface area contributed by atoms with Gasteiger partial charge in [0.05, 0.1) is 10.6 Å². The fourth-order valence-corrected chi connectivity index (χ4v) is 2.55. The maximum Gasteiger partial charge on any atom is 0.308 e. The standard InChI is InChI=1S/C12H13FN4O4S/c1-15(2)22(20,21)16-7-10(14-8-16)5-9-6-11(17(18)19)3-4-12(9)13/h3-4,6-8H,5H2,1-2H3. The summed E-state index contributed by atoms with van der Waals surface area (Å²) in [7, 11) is -0.954. The van der Waals surface area contributed by atoms with E-state index in [0.29, 0.717) is 0 Å². The molecule has 118 valence electrons. The molecule has 8 nitrogen and oxygen atoms in total. The molecule has 0 aliphatic rings. The molecule has 0 spiro atoms. The molecule has 0 amide bonds. The number of nitro groups is 1. The number of aromatic nitrogens is 2. The van der Waals surface area contributed by atoms with Gasteiger partial charge in [-0.1, -0.05) is 0 Å². The second-order valence-electron chi connectivity index (χ2n) is 4.69. The third-order valence-corrected chi connectivity index (χ3v) is 4.61. The van der Waals surface area contributed by atoms with E-state index in [-0.39, 0.29) is 23.4 Å². The third kappa shape index (κ3) is 3.12. The highest BCUT2D eigenvalue weighted by molar-refractivity contribution is 7.87. The molecule has 0 aliphatic heterocycles. The summed E-state index contributed by atoms with van der Waals surface area (Å²) >= 11 is 0. The number of hydrogen-bond acceptors (Lipinski definition) is 5. The van der Waals surface area contributed by atoms with Gasteiger partial charge in [0.1, 0.15) is 12.1 Å². The first-order valence-corrected chi connectivity index (χ1v) is 7.50. The number of benzene rings is 1. The van der Waals surface area contributed by atoms with E-state index < -0.39 is 20.9 Å². The number of non-ortho nitro benzene ring substituents is 1. The Morgan fingerprint density at radius 1 is 1.41 bits per heavy atom. The molecule has 0 radical (unpaired) electrons. The molecule has 0 atom stereocenters. The van der Waals surface area contributed by atoms with Crippen LogP contribution in [0.1, 0.15) is 11.3 Å². The molecule has 1 aromatic heterocycles. The van der Waals surface area contributed by atoms with Gasteiger partial charge in [0.2, 0.25) is 0 Å². The Bertz CT molecular complexity index is 816. The van der Waals surface area contributed by atoms with Crippen molar-refractivity contribution in [3.63, 3.8) is 0 Å². The first-order valence-electron chi connectivity index (χ1n) is 6.10. The molecule has 0 unspecified atom stereocenters. The van der Waals surface area contributed by atoms with E-state index in [9.17, 15) is 22.9 Å². The first kappa shape index (κ1) is 16.0. The van der Waals surface area contributed by atoms with Gasteiger partial charge < -0.3 is 0 Å². The summed E-state index contributed by atoms with van der Waals surface area (Å²) in [5, 5.41) is 10.7. The lowest BCUT2D eigenvalue weighted by Gasteiger charge is -2.10. The van der Waals surface area contributed by atoms with Crippen LogP contribution in [0.3, 0.4) is 0 Å². The van der Waals surface area contributed by atoms with Gasteiger partial charge in [0.25, 0.3) is 5.69 Å². The summed E-state index contributed by atoms with van der Waals surface area (Å²) in [5.41, 5.74) is 0.114. The van der Waals surface area contributed by atoms with Crippen molar-refractivity contribution in [2.24, 2.45) is 0 Å². The highest BCUT2D eigenvalue weighted by Gasteiger charge is 2.18. The van der Waals surface area contributed by atoms with Gasteiger partial charge in [-0.05, 0) is 6.07 Å². The fraction of sp³-hybridized carbons (Fsp3) is 0.250. The van der Waals surface area contributed by atoms with E-state index in [1.807, 2.05) is 0 Å². The quantitative estimate of drug-likeness (QED) is 0.606. The molecule has 1 aromatic carbocycles. The maximum absolute atomic E-state index is 13.7. The number of halogens is 1.